The molecule has 0 aliphatic carbocycles. The molecular formula is C19H23N5O3. The Balaban J connectivity index is 1.37. The molecule has 8 nitrogen and oxygen atoms in total. The summed E-state index contributed by atoms with van der Waals surface area (Å²) in [6, 6.07) is 1.81. The van der Waals surface area contributed by atoms with Crippen molar-refractivity contribution in [1.82, 2.24) is 24.8 Å². The Bertz CT molecular complexity index is 929. The number of carbonyl (C=O) groups is 2. The Labute approximate surface area is 157 Å². The van der Waals surface area contributed by atoms with Crippen LogP contribution in [-0.2, 0) is 9.53 Å². The van der Waals surface area contributed by atoms with Gasteiger partial charge < -0.3 is 15.0 Å². The van der Waals surface area contributed by atoms with Crippen LogP contribution in [0.15, 0.2) is 24.9 Å². The lowest BCUT2D eigenvalue weighted by Crippen LogP contribution is -2.63. The van der Waals surface area contributed by atoms with E-state index >= 15 is 0 Å². The van der Waals surface area contributed by atoms with Crippen molar-refractivity contribution in [1.29, 1.82) is 0 Å². The van der Waals surface area contributed by atoms with E-state index in [1.165, 1.54) is 6.08 Å². The monoisotopic (exact) mass is 369 g/mol. The summed E-state index contributed by atoms with van der Waals surface area (Å²) in [6.07, 6.45) is 4.71. The first kappa shape index (κ1) is 17.7. The molecule has 0 radical (unpaired) electrons. The van der Waals surface area contributed by atoms with Gasteiger partial charge in [-0.3, -0.25) is 9.59 Å². The minimum atomic E-state index is -0.255. The van der Waals surface area contributed by atoms with Gasteiger partial charge in [-0.25, -0.2) is 9.50 Å². The summed E-state index contributed by atoms with van der Waals surface area (Å²) in [5.41, 5.74) is 2.47. The van der Waals surface area contributed by atoms with Gasteiger partial charge in [-0.15, -0.1) is 0 Å². The van der Waals surface area contributed by atoms with Crippen molar-refractivity contribution < 1.29 is 14.3 Å². The second-order valence-corrected chi connectivity index (χ2v) is 7.33. The van der Waals surface area contributed by atoms with Gasteiger partial charge in [-0.1, -0.05) is 6.58 Å². The lowest BCUT2D eigenvalue weighted by atomic mass is 9.90. The van der Waals surface area contributed by atoms with Crippen LogP contribution < -0.4 is 5.32 Å². The molecule has 2 fully saturated rings. The second kappa shape index (κ2) is 6.45. The molecule has 0 saturated carbocycles. The van der Waals surface area contributed by atoms with E-state index in [2.05, 4.69) is 22.0 Å². The summed E-state index contributed by atoms with van der Waals surface area (Å²) in [7, 11) is 0. The fourth-order valence-corrected chi connectivity index (χ4v) is 4.06. The number of fused-ring (bicyclic) bond motifs is 1. The highest BCUT2D eigenvalue weighted by Crippen LogP contribution is 2.38. The normalized spacial score (nSPS) is 20.7. The molecule has 2 aliphatic heterocycles. The van der Waals surface area contributed by atoms with E-state index in [-0.39, 0.29) is 23.5 Å². The quantitative estimate of drug-likeness (QED) is 0.813. The molecule has 8 heteroatoms. The second-order valence-electron chi connectivity index (χ2n) is 7.33. The van der Waals surface area contributed by atoms with Crippen LogP contribution in [0.2, 0.25) is 0 Å². The van der Waals surface area contributed by atoms with Crippen LogP contribution in [0, 0.1) is 13.8 Å². The standard InChI is InChI=1S/C19H23N5O3/c1-4-16(25)23-10-19(11-23)7-5-14(27-19)9-20-18(26)17-12(2)22-15-6-8-21-24(15)13(17)3/h4,6,8,14H,1,5,7,9-11H2,2-3H3,(H,20,26). The number of hydrogen-bond donors (Lipinski definition) is 1. The Kier molecular flexibility index (Phi) is 4.22. The van der Waals surface area contributed by atoms with Crippen LogP contribution in [0.5, 0.6) is 0 Å². The van der Waals surface area contributed by atoms with Crippen LogP contribution in [0.25, 0.3) is 5.65 Å². The molecule has 2 aromatic rings. The van der Waals surface area contributed by atoms with Gasteiger partial charge >= 0.3 is 0 Å². The number of likely N-dealkylation sites (tertiary alicyclic amines) is 1. The average Bonchev–Trinajstić information content (AvgIpc) is 3.25. The van der Waals surface area contributed by atoms with E-state index in [0.29, 0.717) is 30.9 Å². The number of aryl methyl sites for hydroxylation is 2. The molecule has 4 rings (SSSR count). The first-order chi connectivity index (χ1) is 12.9. The van der Waals surface area contributed by atoms with E-state index in [9.17, 15) is 9.59 Å². The minimum Gasteiger partial charge on any atom is -0.366 e. The number of hydrogen-bond acceptors (Lipinski definition) is 5. The molecule has 2 amide bonds. The highest BCUT2D eigenvalue weighted by atomic mass is 16.5. The molecule has 1 N–H and O–H groups in total. The first-order valence-corrected chi connectivity index (χ1v) is 9.11. The molecular weight excluding hydrogens is 346 g/mol. The zero-order chi connectivity index (χ0) is 19.2. The van der Waals surface area contributed by atoms with Gasteiger partial charge in [0.1, 0.15) is 5.60 Å². The number of aromatic nitrogens is 3. The molecule has 0 aromatic carbocycles. The van der Waals surface area contributed by atoms with Crippen molar-refractivity contribution in [3.05, 3.63) is 41.9 Å². The summed E-state index contributed by atoms with van der Waals surface area (Å²) in [6.45, 7) is 8.84. The lowest BCUT2D eigenvalue weighted by molar-refractivity contribution is -0.159. The van der Waals surface area contributed by atoms with Gasteiger partial charge in [0.2, 0.25) is 5.91 Å². The molecule has 1 atom stereocenters. The number of amides is 2. The molecule has 142 valence electrons. The molecule has 0 bridgehead atoms. The molecule has 2 saturated heterocycles. The van der Waals surface area contributed by atoms with E-state index in [4.69, 9.17) is 4.74 Å². The minimum absolute atomic E-state index is 0.0445. The van der Waals surface area contributed by atoms with E-state index in [1.807, 2.05) is 19.9 Å². The maximum atomic E-state index is 12.7. The summed E-state index contributed by atoms with van der Waals surface area (Å²) in [5, 5.41) is 7.19. The summed E-state index contributed by atoms with van der Waals surface area (Å²) in [4.78, 5) is 30.5. The van der Waals surface area contributed by atoms with Crippen LogP contribution in [0.1, 0.15) is 34.6 Å². The zero-order valence-corrected chi connectivity index (χ0v) is 15.6. The number of nitrogens with zero attached hydrogens (tertiary/aromatic N) is 4. The number of ether oxygens (including phenoxy) is 1. The lowest BCUT2D eigenvalue weighted by Gasteiger charge is -2.47. The summed E-state index contributed by atoms with van der Waals surface area (Å²) < 4.78 is 7.81. The maximum absolute atomic E-state index is 12.7. The van der Waals surface area contributed by atoms with Crippen molar-refractivity contribution in [3.63, 3.8) is 0 Å². The Morgan fingerprint density at radius 3 is 2.96 bits per heavy atom. The third-order valence-corrected chi connectivity index (χ3v) is 5.45. The van der Waals surface area contributed by atoms with Crippen LogP contribution in [0.4, 0.5) is 0 Å². The van der Waals surface area contributed by atoms with Gasteiger partial charge in [-0.2, -0.15) is 5.10 Å². The maximum Gasteiger partial charge on any atom is 0.255 e. The Morgan fingerprint density at radius 2 is 2.22 bits per heavy atom. The SMILES string of the molecule is C=CC(=O)N1CC2(CCC(CNC(=O)c3c(C)nc4ccnn4c3C)O2)C1. The summed E-state index contributed by atoms with van der Waals surface area (Å²) >= 11 is 0. The van der Waals surface area contributed by atoms with Crippen molar-refractivity contribution in [2.45, 2.75) is 38.4 Å². The van der Waals surface area contributed by atoms with E-state index in [0.717, 1.165) is 24.2 Å². The number of carbonyl (C=O) groups excluding carboxylic acids is 2. The first-order valence-electron chi connectivity index (χ1n) is 9.11. The Hall–Kier alpha value is -2.74. The van der Waals surface area contributed by atoms with E-state index < -0.39 is 0 Å². The fourth-order valence-electron chi connectivity index (χ4n) is 4.06. The molecule has 27 heavy (non-hydrogen) atoms. The Morgan fingerprint density at radius 1 is 1.44 bits per heavy atom. The van der Waals surface area contributed by atoms with Crippen LogP contribution in [0.3, 0.4) is 0 Å². The third-order valence-electron chi connectivity index (χ3n) is 5.45. The molecule has 1 spiro atoms. The fraction of sp³-hybridized carbons (Fsp3) is 0.474. The molecule has 2 aromatic heterocycles. The van der Waals surface area contributed by atoms with Gasteiger partial charge in [0.05, 0.1) is 42.3 Å². The van der Waals surface area contributed by atoms with Gasteiger partial charge in [0, 0.05) is 12.6 Å². The zero-order valence-electron chi connectivity index (χ0n) is 15.6. The van der Waals surface area contributed by atoms with Crippen molar-refractivity contribution in [2.75, 3.05) is 19.6 Å². The predicted octanol–water partition coefficient (Wildman–Crippen LogP) is 1.02. The van der Waals surface area contributed by atoms with Crippen molar-refractivity contribution in [2.24, 2.45) is 0 Å². The predicted molar refractivity (Wildman–Crippen MR) is 98.4 cm³/mol. The molecule has 2 aliphatic rings. The smallest absolute Gasteiger partial charge is 0.255 e. The highest BCUT2D eigenvalue weighted by molar-refractivity contribution is 5.96. The molecule has 4 heterocycles. The van der Waals surface area contributed by atoms with Gasteiger partial charge in [0.25, 0.3) is 5.91 Å². The number of rotatable bonds is 4. The van der Waals surface area contributed by atoms with Crippen molar-refractivity contribution >= 4 is 17.5 Å². The van der Waals surface area contributed by atoms with Gasteiger partial charge in [0.15, 0.2) is 5.65 Å². The average molecular weight is 369 g/mol. The largest absolute Gasteiger partial charge is 0.366 e. The van der Waals surface area contributed by atoms with Gasteiger partial charge in [-0.05, 0) is 32.8 Å². The van der Waals surface area contributed by atoms with Crippen LogP contribution in [-0.4, -0.2) is 62.7 Å². The number of nitrogens with one attached hydrogen (secondary N) is 1. The van der Waals surface area contributed by atoms with E-state index in [1.54, 1.807) is 15.6 Å². The highest BCUT2D eigenvalue weighted by Gasteiger charge is 2.50. The van der Waals surface area contributed by atoms with Crippen molar-refractivity contribution in [3.8, 4) is 0 Å². The topological polar surface area (TPSA) is 88.8 Å². The molecule has 1 unspecified atom stereocenters. The summed E-state index contributed by atoms with van der Waals surface area (Å²) in [5.74, 6) is -0.232. The third kappa shape index (κ3) is 2.99. The van der Waals surface area contributed by atoms with Crippen LogP contribution >= 0.6 is 0 Å².